The van der Waals surface area contributed by atoms with Crippen LogP contribution in [0.2, 0.25) is 0 Å². The van der Waals surface area contributed by atoms with E-state index >= 15 is 0 Å². The van der Waals surface area contributed by atoms with Gasteiger partial charge in [0.15, 0.2) is 0 Å². The average molecular weight is 848 g/mol. The molecule has 6 heterocycles. The second-order valence-electron chi connectivity index (χ2n) is 14.8. The Hall–Kier alpha value is -4.47. The second kappa shape index (κ2) is 20.5. The molecule has 8 rings (SSSR count). The van der Waals surface area contributed by atoms with E-state index in [4.69, 9.17) is 26.7 Å². The fourth-order valence-electron chi connectivity index (χ4n) is 7.12. The number of benzene rings is 2. The van der Waals surface area contributed by atoms with Gasteiger partial charge in [-0.1, -0.05) is 24.3 Å². The van der Waals surface area contributed by atoms with E-state index in [2.05, 4.69) is 111 Å². The van der Waals surface area contributed by atoms with Gasteiger partial charge >= 0.3 is 11.9 Å². The van der Waals surface area contributed by atoms with Crippen LogP contribution < -0.4 is 10.2 Å². The lowest BCUT2D eigenvalue weighted by atomic mass is 10.2. The molecule has 15 heteroatoms. The number of carbonyl (C=O) groups excluding carboxylic acids is 1. The van der Waals surface area contributed by atoms with Gasteiger partial charge in [0.1, 0.15) is 21.7 Å². The number of carboxylic acid groups (broad SMARTS) is 1. The van der Waals surface area contributed by atoms with Crippen LogP contribution in [0.25, 0.3) is 0 Å². The number of halogens is 1. The number of alkyl halides is 1. The molecule has 4 aliphatic rings. The number of para-hydroxylation sites is 4. The third-order valence-electron chi connectivity index (χ3n) is 10.3. The first-order valence-electron chi connectivity index (χ1n) is 19.9. The van der Waals surface area contributed by atoms with Crippen molar-refractivity contribution >= 4 is 90.6 Å². The number of aryl methyl sites for hydroxylation is 2. The first kappa shape index (κ1) is 43.1. The van der Waals surface area contributed by atoms with E-state index in [1.165, 1.54) is 38.0 Å². The van der Waals surface area contributed by atoms with Gasteiger partial charge in [-0.15, -0.1) is 34.3 Å². The maximum atomic E-state index is 11.0. The first-order valence-corrected chi connectivity index (χ1v) is 22.0. The highest BCUT2D eigenvalue weighted by atomic mass is 35.5. The minimum absolute atomic E-state index is 0.171. The molecule has 2 N–H and O–H groups in total. The van der Waals surface area contributed by atoms with E-state index in [9.17, 15) is 9.59 Å². The van der Waals surface area contributed by atoms with Gasteiger partial charge in [0.05, 0.1) is 41.0 Å². The number of carboxylic acids is 1. The number of piperazine rings is 2. The molecule has 12 nitrogen and oxygen atoms in total. The molecule has 0 bridgehead atoms. The number of methoxy groups -OCH3 is 1. The van der Waals surface area contributed by atoms with Gasteiger partial charge in [0, 0.05) is 87.4 Å². The minimum Gasteiger partial charge on any atom is -0.481 e. The number of esters is 1. The van der Waals surface area contributed by atoms with Crippen molar-refractivity contribution in [3.63, 3.8) is 0 Å². The molecule has 4 aromatic rings. The molecule has 58 heavy (non-hydrogen) atoms. The Bertz CT molecular complexity index is 2090. The molecular weight excluding hydrogens is 792 g/mol. The molecule has 4 aliphatic heterocycles. The topological polar surface area (TPSA) is 117 Å². The number of fused-ring (bicyclic) bond motifs is 4. The number of ether oxygens (including phenoxy) is 1. The lowest BCUT2D eigenvalue weighted by molar-refractivity contribution is -0.140. The average Bonchev–Trinajstić information content (AvgIpc) is 3.71. The summed E-state index contributed by atoms with van der Waals surface area (Å²) in [5.74, 6) is 1.74. The fourth-order valence-corrected chi connectivity index (χ4v) is 9.22. The molecule has 0 spiro atoms. The number of thiophene rings is 2. The monoisotopic (exact) mass is 846 g/mol. The standard InChI is InChI=1S/C21H26N4O2S.C17H20N4S.C5H9ClO2/c1-15-14-16-20(24-12-10-23(2)11-13-24)22-17-6-3-4-7-18(17)25(21(16)28-15)9-5-8-19(26)27;1-12-11-13-16(21-9-7-20(2)8-10-21)18-14-5-3-4-6-15(14)19-17(13)22-12;1-8-5(7)3-2-4-6/h3-4,6-7,14H,5,8-13H2,1-2H3,(H,26,27);3-6,11,19H,7-10H2,1-2H3;2-4H2,1H3. The van der Waals surface area contributed by atoms with Gasteiger partial charge in [-0.2, -0.15) is 0 Å². The summed E-state index contributed by atoms with van der Waals surface area (Å²) in [5.41, 5.74) is 6.53. The molecule has 2 fully saturated rings. The van der Waals surface area contributed by atoms with Gasteiger partial charge in [-0.25, -0.2) is 9.98 Å². The Labute approximate surface area is 355 Å². The Kier molecular flexibility index (Phi) is 15.2. The maximum Gasteiger partial charge on any atom is 0.305 e. The summed E-state index contributed by atoms with van der Waals surface area (Å²) in [5, 5.41) is 15.0. The normalized spacial score (nSPS) is 16.3. The molecule has 2 saturated heterocycles. The summed E-state index contributed by atoms with van der Waals surface area (Å²) >= 11 is 8.86. The van der Waals surface area contributed by atoms with E-state index in [0.717, 1.165) is 86.8 Å². The van der Waals surface area contributed by atoms with Gasteiger partial charge in [-0.05, 0) is 77.2 Å². The highest BCUT2D eigenvalue weighted by Gasteiger charge is 2.30. The minimum atomic E-state index is -0.750. The smallest absolute Gasteiger partial charge is 0.305 e. The van der Waals surface area contributed by atoms with Crippen molar-refractivity contribution in [3.05, 3.63) is 81.5 Å². The lowest BCUT2D eigenvalue weighted by Crippen LogP contribution is -2.47. The second-order valence-corrected chi connectivity index (χ2v) is 17.6. The van der Waals surface area contributed by atoms with E-state index in [0.29, 0.717) is 31.7 Å². The summed E-state index contributed by atoms with van der Waals surface area (Å²) in [4.78, 5) is 45.8. The molecule has 2 aromatic carbocycles. The molecule has 0 saturated carbocycles. The molecule has 0 atom stereocenters. The zero-order valence-electron chi connectivity index (χ0n) is 34.2. The molecular formula is C43H55ClN8O4S2. The van der Waals surface area contributed by atoms with Crippen molar-refractivity contribution < 1.29 is 19.4 Å². The summed E-state index contributed by atoms with van der Waals surface area (Å²) in [6.45, 7) is 13.2. The van der Waals surface area contributed by atoms with Crippen LogP contribution in [0, 0.1) is 13.8 Å². The Morgan fingerprint density at radius 3 is 1.98 bits per heavy atom. The molecule has 0 radical (unpaired) electrons. The summed E-state index contributed by atoms with van der Waals surface area (Å²) in [6.07, 6.45) is 1.91. The van der Waals surface area contributed by atoms with Gasteiger partial charge in [0.25, 0.3) is 0 Å². The fraction of sp³-hybridized carbons (Fsp3) is 0.442. The van der Waals surface area contributed by atoms with Crippen molar-refractivity contribution in [2.45, 2.75) is 39.5 Å². The highest BCUT2D eigenvalue weighted by molar-refractivity contribution is 7.17. The summed E-state index contributed by atoms with van der Waals surface area (Å²) in [6, 6.07) is 21.0. The molecule has 0 amide bonds. The largest absolute Gasteiger partial charge is 0.481 e. The first-order chi connectivity index (χ1) is 28.0. The maximum absolute atomic E-state index is 11.0. The van der Waals surface area contributed by atoms with Crippen LogP contribution in [0.5, 0.6) is 0 Å². The zero-order valence-corrected chi connectivity index (χ0v) is 36.6. The number of amidine groups is 2. The van der Waals surface area contributed by atoms with Crippen molar-refractivity contribution in [3.8, 4) is 0 Å². The number of likely N-dealkylation sites (N-methyl/N-ethyl adjacent to an activating group) is 2. The van der Waals surface area contributed by atoms with Crippen LogP contribution >= 0.6 is 34.3 Å². The third kappa shape index (κ3) is 11.0. The number of aliphatic carboxylic acids is 1. The Morgan fingerprint density at radius 2 is 1.34 bits per heavy atom. The quantitative estimate of drug-likeness (QED) is 0.139. The van der Waals surface area contributed by atoms with Crippen LogP contribution in [0.1, 0.15) is 46.6 Å². The number of anilines is 4. The van der Waals surface area contributed by atoms with Crippen molar-refractivity contribution in [1.29, 1.82) is 0 Å². The molecule has 0 aliphatic carbocycles. The van der Waals surface area contributed by atoms with Gasteiger partial charge in [0.2, 0.25) is 0 Å². The summed E-state index contributed by atoms with van der Waals surface area (Å²) < 4.78 is 4.35. The Morgan fingerprint density at radius 1 is 0.776 bits per heavy atom. The van der Waals surface area contributed by atoms with Gasteiger partial charge < -0.3 is 39.7 Å². The van der Waals surface area contributed by atoms with E-state index in [-0.39, 0.29) is 12.4 Å². The van der Waals surface area contributed by atoms with Crippen LogP contribution in [0.3, 0.4) is 0 Å². The van der Waals surface area contributed by atoms with E-state index in [1.807, 2.05) is 12.1 Å². The van der Waals surface area contributed by atoms with Crippen molar-refractivity contribution in [1.82, 2.24) is 19.6 Å². The van der Waals surface area contributed by atoms with Crippen LogP contribution in [-0.2, 0) is 14.3 Å². The SMILES string of the molecule is COC(=O)CCCCl.Cc1cc2c(s1)N(CCCC(=O)O)c1ccccc1N=C2N1CCN(C)CC1.Cc1cc2c(s1)Nc1ccccc1N=C2N1CCN(C)CC1. The Balaban J connectivity index is 0.000000168. The summed E-state index contributed by atoms with van der Waals surface area (Å²) in [7, 11) is 5.71. The highest BCUT2D eigenvalue weighted by Crippen LogP contribution is 2.44. The third-order valence-corrected chi connectivity index (χ3v) is 12.6. The van der Waals surface area contributed by atoms with Crippen molar-refractivity contribution in [2.75, 3.05) is 96.2 Å². The number of nitrogens with zero attached hydrogens (tertiary/aromatic N) is 7. The number of carbonyl (C=O) groups is 2. The van der Waals surface area contributed by atoms with E-state index < -0.39 is 5.97 Å². The number of hydrogen-bond donors (Lipinski definition) is 2. The predicted octanol–water partition coefficient (Wildman–Crippen LogP) is 8.32. The van der Waals surface area contributed by atoms with Crippen LogP contribution in [-0.4, -0.2) is 134 Å². The molecule has 0 unspecified atom stereocenters. The number of hydrogen-bond acceptors (Lipinski definition) is 13. The molecule has 310 valence electrons. The van der Waals surface area contributed by atoms with Crippen molar-refractivity contribution in [2.24, 2.45) is 9.98 Å². The molecule has 2 aromatic heterocycles. The van der Waals surface area contributed by atoms with E-state index in [1.54, 1.807) is 22.7 Å². The zero-order chi connectivity index (χ0) is 41.2. The van der Waals surface area contributed by atoms with Crippen LogP contribution in [0.4, 0.5) is 32.8 Å². The van der Waals surface area contributed by atoms with Crippen LogP contribution in [0.15, 0.2) is 70.6 Å². The number of nitrogens with one attached hydrogen (secondary N) is 1. The lowest BCUT2D eigenvalue weighted by Gasteiger charge is -2.34. The predicted molar refractivity (Wildman–Crippen MR) is 241 cm³/mol. The number of aliphatic imine (C=N–C) groups is 2. The van der Waals surface area contributed by atoms with Gasteiger partial charge in [-0.3, -0.25) is 9.59 Å². The number of rotatable bonds is 7.